The monoisotopic (exact) mass is 471 g/mol. The number of carbonyl (C=O) groups is 1. The summed E-state index contributed by atoms with van der Waals surface area (Å²) in [6, 6.07) is 8.26. The number of ketones is 1. The maximum Gasteiger partial charge on any atom is 0.156 e. The Bertz CT molecular complexity index is 1190. The van der Waals surface area contributed by atoms with Crippen molar-refractivity contribution < 1.29 is 15.1 Å². The van der Waals surface area contributed by atoms with Crippen molar-refractivity contribution in [2.75, 3.05) is 0 Å². The lowest BCUT2D eigenvalue weighted by atomic mass is 9.51. The van der Waals surface area contributed by atoms with E-state index < -0.39 is 5.60 Å². The molecule has 0 radical (unpaired) electrons. The molecule has 5 rings (SSSR count). The summed E-state index contributed by atoms with van der Waals surface area (Å²) in [5.74, 6) is 7.97. The van der Waals surface area contributed by atoms with E-state index in [0.717, 1.165) is 44.1 Å². The zero-order valence-corrected chi connectivity index (χ0v) is 21.4. The third-order valence-corrected chi connectivity index (χ3v) is 9.08. The van der Waals surface area contributed by atoms with Crippen molar-refractivity contribution in [1.29, 1.82) is 0 Å². The van der Waals surface area contributed by atoms with Gasteiger partial charge in [0.05, 0.1) is 6.21 Å². The van der Waals surface area contributed by atoms with Crippen molar-refractivity contribution >= 4 is 12.0 Å². The van der Waals surface area contributed by atoms with Gasteiger partial charge in [-0.05, 0) is 99.5 Å². The first-order valence-electron chi connectivity index (χ1n) is 13.1. The zero-order valence-electron chi connectivity index (χ0n) is 21.4. The number of hydrogen-bond acceptors (Lipinski definition) is 4. The van der Waals surface area contributed by atoms with Crippen LogP contribution in [-0.4, -0.2) is 27.9 Å². The molecule has 4 aliphatic rings. The van der Waals surface area contributed by atoms with Crippen molar-refractivity contribution in [2.24, 2.45) is 27.8 Å². The number of hydrogen-bond donors (Lipinski definition) is 2. The van der Waals surface area contributed by atoms with E-state index in [1.807, 2.05) is 18.2 Å². The molecule has 35 heavy (non-hydrogen) atoms. The first kappa shape index (κ1) is 24.1. The molecule has 0 heterocycles. The molecule has 0 spiro atoms. The molecule has 0 aromatic heterocycles. The van der Waals surface area contributed by atoms with Crippen LogP contribution in [0.5, 0.6) is 0 Å². The second kappa shape index (κ2) is 8.49. The Morgan fingerprint density at radius 3 is 2.54 bits per heavy atom. The lowest BCUT2D eigenvalue weighted by Gasteiger charge is -2.53. The Kier molecular flexibility index (Phi) is 5.84. The Balaban J connectivity index is 1.65. The van der Waals surface area contributed by atoms with Crippen LogP contribution in [0.1, 0.15) is 89.7 Å². The first-order chi connectivity index (χ1) is 16.5. The standard InChI is InChI=1S/C31H37NO3/c1-29(2,3)15-16-31(34)14-13-27-25-11-9-22-17-23(33)10-12-24(22)28(25)26(18-30(27,31)4)21-7-5-20(6-8-21)19-32-35/h5-8,17,19,25-27,34-35H,9-14,18H2,1-4H3/b32-19+/t25?,26?,27?,30-,31+/m0/s1. The highest BCUT2D eigenvalue weighted by atomic mass is 16.4. The van der Waals surface area contributed by atoms with Gasteiger partial charge in [0.15, 0.2) is 5.78 Å². The van der Waals surface area contributed by atoms with E-state index >= 15 is 0 Å². The van der Waals surface area contributed by atoms with Crippen LogP contribution in [0.4, 0.5) is 0 Å². The predicted octanol–water partition coefficient (Wildman–Crippen LogP) is 6.17. The normalized spacial score (nSPS) is 34.6. The fraction of sp³-hybridized carbons (Fsp3) is 0.548. The summed E-state index contributed by atoms with van der Waals surface area (Å²) in [4.78, 5) is 12.2. The van der Waals surface area contributed by atoms with Crippen LogP contribution in [0, 0.1) is 34.5 Å². The van der Waals surface area contributed by atoms with E-state index in [-0.39, 0.29) is 22.5 Å². The summed E-state index contributed by atoms with van der Waals surface area (Å²) in [6.45, 7) is 8.57. The highest BCUT2D eigenvalue weighted by Gasteiger charge is 2.62. The van der Waals surface area contributed by atoms with Gasteiger partial charge in [0.2, 0.25) is 0 Å². The molecule has 0 bridgehead atoms. The average molecular weight is 472 g/mol. The van der Waals surface area contributed by atoms with Crippen LogP contribution in [0.2, 0.25) is 0 Å². The molecule has 1 aromatic carbocycles. The zero-order chi connectivity index (χ0) is 25.0. The summed E-state index contributed by atoms with van der Waals surface area (Å²) in [5.41, 5.74) is 4.78. The van der Waals surface area contributed by atoms with Crippen LogP contribution in [0.15, 0.2) is 52.2 Å². The Labute approximate surface area is 209 Å². The first-order valence-corrected chi connectivity index (χ1v) is 13.1. The summed E-state index contributed by atoms with van der Waals surface area (Å²) in [7, 11) is 0. The van der Waals surface area contributed by atoms with E-state index in [4.69, 9.17) is 5.21 Å². The van der Waals surface area contributed by atoms with Crippen molar-refractivity contribution in [2.45, 2.75) is 84.2 Å². The van der Waals surface area contributed by atoms with E-state index in [0.29, 0.717) is 18.3 Å². The number of aliphatic hydroxyl groups is 1. The number of carbonyl (C=O) groups excluding carboxylic acids is 1. The van der Waals surface area contributed by atoms with Gasteiger partial charge in [-0.1, -0.05) is 53.8 Å². The maximum atomic E-state index is 12.2. The number of fused-ring (bicyclic) bond motifs is 4. The molecular weight excluding hydrogens is 434 g/mol. The molecule has 2 N–H and O–H groups in total. The molecule has 3 unspecified atom stereocenters. The molecule has 0 amide bonds. The molecule has 4 nitrogen and oxygen atoms in total. The summed E-state index contributed by atoms with van der Waals surface area (Å²) in [5, 5.41) is 24.2. The fourth-order valence-electron chi connectivity index (χ4n) is 7.34. The van der Waals surface area contributed by atoms with Gasteiger partial charge in [-0.3, -0.25) is 4.79 Å². The van der Waals surface area contributed by atoms with Crippen LogP contribution in [0.3, 0.4) is 0 Å². The third-order valence-electron chi connectivity index (χ3n) is 9.08. The van der Waals surface area contributed by atoms with Gasteiger partial charge >= 0.3 is 0 Å². The minimum Gasteiger partial charge on any atom is -0.411 e. The lowest BCUT2D eigenvalue weighted by molar-refractivity contribution is -0.114. The number of nitrogens with zero attached hydrogens (tertiary/aromatic N) is 1. The van der Waals surface area contributed by atoms with Gasteiger partial charge in [-0.25, -0.2) is 0 Å². The van der Waals surface area contributed by atoms with Crippen LogP contribution in [-0.2, 0) is 4.79 Å². The summed E-state index contributed by atoms with van der Waals surface area (Å²) in [6.07, 6.45) is 9.30. The van der Waals surface area contributed by atoms with E-state index in [2.05, 4.69) is 56.8 Å². The van der Waals surface area contributed by atoms with Crippen molar-refractivity contribution in [3.63, 3.8) is 0 Å². The van der Waals surface area contributed by atoms with E-state index in [9.17, 15) is 9.90 Å². The molecule has 2 saturated carbocycles. The van der Waals surface area contributed by atoms with Crippen molar-refractivity contribution in [3.05, 3.63) is 58.2 Å². The minimum absolute atomic E-state index is 0.158. The molecule has 1 aromatic rings. The second-order valence-electron chi connectivity index (χ2n) is 12.3. The average Bonchev–Trinajstić information content (AvgIpc) is 3.08. The molecule has 0 aliphatic heterocycles. The van der Waals surface area contributed by atoms with Gasteiger partial charge in [-0.15, -0.1) is 0 Å². The number of rotatable bonds is 2. The molecule has 5 atom stereocenters. The summed E-state index contributed by atoms with van der Waals surface area (Å²) >= 11 is 0. The lowest BCUT2D eigenvalue weighted by Crippen LogP contribution is -2.51. The van der Waals surface area contributed by atoms with Gasteiger partial charge in [-0.2, -0.15) is 0 Å². The topological polar surface area (TPSA) is 69.9 Å². The van der Waals surface area contributed by atoms with E-state index in [1.54, 1.807) is 0 Å². The van der Waals surface area contributed by atoms with Crippen molar-refractivity contribution in [3.8, 4) is 11.8 Å². The quantitative estimate of drug-likeness (QED) is 0.234. The number of allylic oxidation sites excluding steroid dienone is 4. The molecule has 184 valence electrons. The Morgan fingerprint density at radius 1 is 1.11 bits per heavy atom. The number of oxime groups is 1. The Hall–Kier alpha value is -2.64. The van der Waals surface area contributed by atoms with E-state index in [1.165, 1.54) is 28.5 Å². The maximum absolute atomic E-state index is 12.2. The van der Waals surface area contributed by atoms with Gasteiger partial charge in [0, 0.05) is 23.2 Å². The molecule has 4 heteroatoms. The van der Waals surface area contributed by atoms with Crippen LogP contribution in [0.25, 0.3) is 0 Å². The SMILES string of the molecule is CC(C)(C)C#C[C@]1(O)CCC2C3CCC4=CC(=O)CCC4=C3C(c3ccc(/C=N/O)cc3)C[C@@]21C. The largest absolute Gasteiger partial charge is 0.411 e. The van der Waals surface area contributed by atoms with Crippen LogP contribution < -0.4 is 0 Å². The smallest absolute Gasteiger partial charge is 0.156 e. The van der Waals surface area contributed by atoms with Gasteiger partial charge in [0.25, 0.3) is 0 Å². The third kappa shape index (κ3) is 4.08. The predicted molar refractivity (Wildman–Crippen MR) is 138 cm³/mol. The second-order valence-corrected chi connectivity index (χ2v) is 12.3. The fourth-order valence-corrected chi connectivity index (χ4v) is 7.34. The van der Waals surface area contributed by atoms with Gasteiger partial charge < -0.3 is 10.3 Å². The molecule has 2 fully saturated rings. The van der Waals surface area contributed by atoms with Gasteiger partial charge in [0.1, 0.15) is 5.60 Å². The highest BCUT2D eigenvalue weighted by Crippen LogP contribution is 2.66. The summed E-state index contributed by atoms with van der Waals surface area (Å²) < 4.78 is 0. The van der Waals surface area contributed by atoms with Crippen LogP contribution >= 0.6 is 0 Å². The molecular formula is C31H37NO3. The molecule has 4 aliphatic carbocycles. The number of benzene rings is 1. The minimum atomic E-state index is -0.998. The molecule has 0 saturated heterocycles. The highest BCUT2D eigenvalue weighted by molar-refractivity contribution is 5.93. The van der Waals surface area contributed by atoms with Crippen molar-refractivity contribution in [1.82, 2.24) is 0 Å². The Morgan fingerprint density at radius 2 is 1.86 bits per heavy atom.